The van der Waals surface area contributed by atoms with Crippen LogP contribution in [0.1, 0.15) is 17.0 Å². The lowest BCUT2D eigenvalue weighted by atomic mass is 10.1. The van der Waals surface area contributed by atoms with Crippen molar-refractivity contribution in [2.45, 2.75) is 20.0 Å². The third-order valence-electron chi connectivity index (χ3n) is 3.35. The maximum atomic E-state index is 9.24. The van der Waals surface area contributed by atoms with Crippen LogP contribution in [0.3, 0.4) is 0 Å². The minimum Gasteiger partial charge on any atom is -0.409 e. The minimum atomic E-state index is -0.224. The first-order chi connectivity index (χ1) is 9.56. The van der Waals surface area contributed by atoms with Gasteiger partial charge in [0, 0.05) is 18.8 Å². The lowest BCUT2D eigenvalue weighted by molar-refractivity contribution is 0.00355. The molecule has 2 rings (SSSR count). The van der Waals surface area contributed by atoms with Gasteiger partial charge in [-0.2, -0.15) is 0 Å². The summed E-state index contributed by atoms with van der Waals surface area (Å²) >= 11 is 0. The summed E-state index contributed by atoms with van der Waals surface area (Å²) in [5.74, 6) is 0.0389. The number of pyridine rings is 1. The average Bonchev–Trinajstić information content (AvgIpc) is 2.45. The number of nitrogens with two attached hydrogens (primary N) is 1. The number of rotatable bonds is 3. The summed E-state index contributed by atoms with van der Waals surface area (Å²) in [6.45, 7) is 5.47. The molecule has 0 amide bonds. The van der Waals surface area contributed by atoms with Crippen molar-refractivity contribution < 1.29 is 15.1 Å². The predicted molar refractivity (Wildman–Crippen MR) is 75.3 cm³/mol. The van der Waals surface area contributed by atoms with Gasteiger partial charge in [-0.05, 0) is 19.9 Å². The molecule has 0 saturated carbocycles. The first-order valence-electron chi connectivity index (χ1n) is 6.50. The Hall–Kier alpha value is -1.86. The van der Waals surface area contributed by atoms with Crippen molar-refractivity contribution in [3.63, 3.8) is 0 Å². The topological polar surface area (TPSA) is 104 Å². The summed E-state index contributed by atoms with van der Waals surface area (Å²) in [4.78, 5) is 6.43. The van der Waals surface area contributed by atoms with Gasteiger partial charge in [0.1, 0.15) is 0 Å². The van der Waals surface area contributed by atoms with Crippen LogP contribution in [-0.2, 0) is 4.74 Å². The van der Waals surface area contributed by atoms with E-state index in [1.165, 1.54) is 0 Å². The Balaban J connectivity index is 2.44. The quantitative estimate of drug-likeness (QED) is 0.311. The largest absolute Gasteiger partial charge is 0.409 e. The number of aryl methyl sites for hydroxylation is 2. The van der Waals surface area contributed by atoms with Crippen LogP contribution in [0, 0.1) is 13.8 Å². The summed E-state index contributed by atoms with van der Waals surface area (Å²) in [7, 11) is 0. The van der Waals surface area contributed by atoms with Crippen LogP contribution in [0.2, 0.25) is 0 Å². The molecular formula is C13H20N4O3. The third kappa shape index (κ3) is 2.83. The van der Waals surface area contributed by atoms with Gasteiger partial charge in [-0.1, -0.05) is 5.16 Å². The number of hydrogen-bond donors (Lipinski definition) is 3. The molecule has 1 aliphatic heterocycles. The van der Waals surface area contributed by atoms with Gasteiger partial charge in [0.25, 0.3) is 0 Å². The number of oxime groups is 1. The summed E-state index contributed by atoms with van der Waals surface area (Å²) in [6, 6.07) is 1.90. The van der Waals surface area contributed by atoms with Crippen LogP contribution in [0.25, 0.3) is 0 Å². The van der Waals surface area contributed by atoms with E-state index in [0.717, 1.165) is 11.4 Å². The number of aliphatic hydroxyl groups excluding tert-OH is 1. The number of nitrogens with zero attached hydrogens (tertiary/aromatic N) is 3. The molecule has 2 heterocycles. The predicted octanol–water partition coefficient (Wildman–Crippen LogP) is -0.00956. The SMILES string of the molecule is Cc1cc(N2CCOC(CO)C2)c(/C(N)=N/O)c(C)n1. The zero-order valence-corrected chi connectivity index (χ0v) is 11.7. The van der Waals surface area contributed by atoms with Gasteiger partial charge in [0.2, 0.25) is 0 Å². The Bertz CT molecular complexity index is 519. The van der Waals surface area contributed by atoms with Crippen molar-refractivity contribution in [1.29, 1.82) is 0 Å². The molecule has 1 aliphatic rings. The lowest BCUT2D eigenvalue weighted by Crippen LogP contribution is -2.45. The fourth-order valence-corrected chi connectivity index (χ4v) is 2.47. The van der Waals surface area contributed by atoms with E-state index >= 15 is 0 Å². The van der Waals surface area contributed by atoms with E-state index < -0.39 is 0 Å². The number of aliphatic hydroxyl groups is 1. The van der Waals surface area contributed by atoms with Gasteiger partial charge >= 0.3 is 0 Å². The molecule has 1 atom stereocenters. The van der Waals surface area contributed by atoms with Crippen LogP contribution < -0.4 is 10.6 Å². The Morgan fingerprint density at radius 3 is 3.00 bits per heavy atom. The lowest BCUT2D eigenvalue weighted by Gasteiger charge is -2.35. The minimum absolute atomic E-state index is 0.0293. The molecular weight excluding hydrogens is 260 g/mol. The molecule has 1 unspecified atom stereocenters. The summed E-state index contributed by atoms with van der Waals surface area (Å²) < 4.78 is 5.45. The van der Waals surface area contributed by atoms with Crippen LogP contribution in [0.15, 0.2) is 11.2 Å². The molecule has 7 heteroatoms. The molecule has 20 heavy (non-hydrogen) atoms. The number of morpholine rings is 1. The zero-order chi connectivity index (χ0) is 14.7. The number of ether oxygens (including phenoxy) is 1. The van der Waals surface area contributed by atoms with Crippen molar-refractivity contribution in [3.05, 3.63) is 23.0 Å². The smallest absolute Gasteiger partial charge is 0.174 e. The maximum absolute atomic E-state index is 9.24. The monoisotopic (exact) mass is 280 g/mol. The molecule has 0 aromatic carbocycles. The molecule has 7 nitrogen and oxygen atoms in total. The van der Waals surface area contributed by atoms with Crippen LogP contribution in [0.4, 0.5) is 5.69 Å². The summed E-state index contributed by atoms with van der Waals surface area (Å²) in [6.07, 6.45) is -0.224. The van der Waals surface area contributed by atoms with Gasteiger partial charge < -0.3 is 25.7 Å². The van der Waals surface area contributed by atoms with E-state index in [0.29, 0.717) is 31.0 Å². The van der Waals surface area contributed by atoms with Crippen molar-refractivity contribution in [3.8, 4) is 0 Å². The fraction of sp³-hybridized carbons (Fsp3) is 0.538. The number of anilines is 1. The van der Waals surface area contributed by atoms with Gasteiger partial charge in [-0.15, -0.1) is 0 Å². The Morgan fingerprint density at radius 2 is 2.35 bits per heavy atom. The van der Waals surface area contributed by atoms with Gasteiger partial charge in [0.05, 0.1) is 36.3 Å². The summed E-state index contributed by atoms with van der Waals surface area (Å²) in [5, 5.41) is 21.3. The number of amidine groups is 1. The Kier molecular flexibility index (Phi) is 4.41. The fourth-order valence-electron chi connectivity index (χ4n) is 2.47. The summed E-state index contributed by atoms with van der Waals surface area (Å²) in [5.41, 5.74) is 8.82. The van der Waals surface area contributed by atoms with Crippen molar-refractivity contribution in [2.75, 3.05) is 31.2 Å². The molecule has 1 aromatic rings. The second-order valence-electron chi connectivity index (χ2n) is 4.85. The van der Waals surface area contributed by atoms with E-state index in [1.54, 1.807) is 0 Å². The molecule has 0 bridgehead atoms. The highest BCUT2D eigenvalue weighted by Crippen LogP contribution is 2.25. The third-order valence-corrected chi connectivity index (χ3v) is 3.35. The van der Waals surface area contributed by atoms with E-state index in [1.807, 2.05) is 19.9 Å². The second kappa shape index (κ2) is 6.06. The molecule has 1 aromatic heterocycles. The number of hydrogen-bond acceptors (Lipinski definition) is 6. The van der Waals surface area contributed by atoms with Crippen LogP contribution >= 0.6 is 0 Å². The highest BCUT2D eigenvalue weighted by molar-refractivity contribution is 6.03. The maximum Gasteiger partial charge on any atom is 0.174 e. The first-order valence-corrected chi connectivity index (χ1v) is 6.50. The standard InChI is InChI=1S/C13H20N4O3/c1-8-5-11(12(9(2)15-8)13(14)16-19)17-3-4-20-10(6-17)7-18/h5,10,18-19H,3-4,6-7H2,1-2H3,(H2,14,16). The van der Waals surface area contributed by atoms with E-state index in [2.05, 4.69) is 15.0 Å². The van der Waals surface area contributed by atoms with E-state index in [4.69, 9.17) is 15.7 Å². The van der Waals surface area contributed by atoms with Crippen molar-refractivity contribution in [2.24, 2.45) is 10.9 Å². The van der Waals surface area contributed by atoms with Gasteiger partial charge in [-0.25, -0.2) is 0 Å². The van der Waals surface area contributed by atoms with E-state index in [-0.39, 0.29) is 18.5 Å². The average molecular weight is 280 g/mol. The molecule has 0 spiro atoms. The Labute approximate surface area is 117 Å². The molecule has 0 aliphatic carbocycles. The van der Waals surface area contributed by atoms with Crippen LogP contribution in [-0.4, -0.2) is 53.5 Å². The molecule has 1 saturated heterocycles. The highest BCUT2D eigenvalue weighted by atomic mass is 16.5. The highest BCUT2D eigenvalue weighted by Gasteiger charge is 2.24. The molecule has 0 radical (unpaired) electrons. The molecule has 4 N–H and O–H groups in total. The zero-order valence-electron chi connectivity index (χ0n) is 11.7. The van der Waals surface area contributed by atoms with Gasteiger partial charge in [0.15, 0.2) is 5.84 Å². The number of aromatic nitrogens is 1. The van der Waals surface area contributed by atoms with E-state index in [9.17, 15) is 5.11 Å². The Morgan fingerprint density at radius 1 is 1.60 bits per heavy atom. The van der Waals surface area contributed by atoms with Crippen molar-refractivity contribution in [1.82, 2.24) is 4.98 Å². The van der Waals surface area contributed by atoms with Crippen molar-refractivity contribution >= 4 is 11.5 Å². The van der Waals surface area contributed by atoms with Gasteiger partial charge in [-0.3, -0.25) is 4.98 Å². The normalized spacial score (nSPS) is 20.2. The van der Waals surface area contributed by atoms with Crippen LogP contribution in [0.5, 0.6) is 0 Å². The molecule has 1 fully saturated rings. The first kappa shape index (κ1) is 14.5. The molecule has 110 valence electrons. The second-order valence-corrected chi connectivity index (χ2v) is 4.85.